The lowest BCUT2D eigenvalue weighted by Crippen LogP contribution is -2.39. The van der Waals surface area contributed by atoms with E-state index < -0.39 is 0 Å². The van der Waals surface area contributed by atoms with Crippen LogP contribution in [0.15, 0.2) is 12.2 Å². The molecular weight excluding hydrogens is 140 g/mol. The van der Waals surface area contributed by atoms with Crippen LogP contribution < -0.4 is 11.1 Å². The number of carbonyl (C=O) groups excluding carboxylic acids is 1. The van der Waals surface area contributed by atoms with Crippen LogP contribution in [0, 0.1) is 0 Å². The van der Waals surface area contributed by atoms with E-state index in [-0.39, 0.29) is 11.9 Å². The molecule has 3 heteroatoms. The SMILES string of the molecule is C=C(CC)CNC(C)C(N)=O. The molecule has 0 spiro atoms. The fourth-order valence-corrected chi connectivity index (χ4v) is 0.523. The Morgan fingerprint density at radius 3 is 2.64 bits per heavy atom. The molecule has 11 heavy (non-hydrogen) atoms. The molecule has 3 nitrogen and oxygen atoms in total. The van der Waals surface area contributed by atoms with E-state index in [1.54, 1.807) is 6.92 Å². The average molecular weight is 156 g/mol. The van der Waals surface area contributed by atoms with E-state index in [1.807, 2.05) is 6.92 Å². The number of hydrogen-bond donors (Lipinski definition) is 2. The van der Waals surface area contributed by atoms with Crippen molar-refractivity contribution in [3.8, 4) is 0 Å². The van der Waals surface area contributed by atoms with Gasteiger partial charge in [-0.3, -0.25) is 4.79 Å². The molecule has 3 N–H and O–H groups in total. The first-order chi connectivity index (χ1) is 5.07. The molecule has 0 bridgehead atoms. The van der Waals surface area contributed by atoms with E-state index in [1.165, 1.54) is 0 Å². The molecule has 0 aliphatic heterocycles. The van der Waals surface area contributed by atoms with E-state index in [0.29, 0.717) is 6.54 Å². The Labute approximate surface area is 67.7 Å². The molecule has 1 amide bonds. The summed E-state index contributed by atoms with van der Waals surface area (Å²) in [6, 6.07) is -0.265. The van der Waals surface area contributed by atoms with E-state index >= 15 is 0 Å². The number of nitrogens with one attached hydrogen (secondary N) is 1. The standard InChI is InChI=1S/C8H16N2O/c1-4-6(2)5-10-7(3)8(9)11/h7,10H,2,4-5H2,1,3H3,(H2,9,11). The maximum absolute atomic E-state index is 10.5. The Morgan fingerprint density at radius 2 is 2.27 bits per heavy atom. The van der Waals surface area contributed by atoms with Crippen molar-refractivity contribution in [2.75, 3.05) is 6.54 Å². The molecule has 0 fully saturated rings. The highest BCUT2D eigenvalue weighted by molar-refractivity contribution is 5.79. The summed E-state index contributed by atoms with van der Waals surface area (Å²) in [6.45, 7) is 8.23. The second kappa shape index (κ2) is 4.91. The molecule has 0 aromatic rings. The zero-order valence-corrected chi connectivity index (χ0v) is 7.18. The van der Waals surface area contributed by atoms with Crippen molar-refractivity contribution < 1.29 is 4.79 Å². The third kappa shape index (κ3) is 4.56. The molecule has 0 saturated heterocycles. The van der Waals surface area contributed by atoms with Gasteiger partial charge in [0.1, 0.15) is 0 Å². The van der Waals surface area contributed by atoms with Gasteiger partial charge in [-0.15, -0.1) is 0 Å². The first kappa shape index (κ1) is 10.2. The van der Waals surface area contributed by atoms with Gasteiger partial charge in [0, 0.05) is 6.54 Å². The summed E-state index contributed by atoms with van der Waals surface area (Å²) in [5.74, 6) is -0.325. The highest BCUT2D eigenvalue weighted by atomic mass is 16.1. The molecular formula is C8H16N2O. The van der Waals surface area contributed by atoms with E-state index in [9.17, 15) is 4.79 Å². The minimum Gasteiger partial charge on any atom is -0.368 e. The zero-order chi connectivity index (χ0) is 8.85. The normalized spacial score (nSPS) is 12.5. The van der Waals surface area contributed by atoms with Crippen LogP contribution in [0.4, 0.5) is 0 Å². The van der Waals surface area contributed by atoms with Crippen molar-refractivity contribution in [2.45, 2.75) is 26.3 Å². The fraction of sp³-hybridized carbons (Fsp3) is 0.625. The summed E-state index contributed by atoms with van der Waals surface area (Å²) < 4.78 is 0. The number of amides is 1. The fourth-order valence-electron chi connectivity index (χ4n) is 0.523. The molecule has 64 valence electrons. The van der Waals surface area contributed by atoms with Crippen molar-refractivity contribution in [1.82, 2.24) is 5.32 Å². The smallest absolute Gasteiger partial charge is 0.234 e. The van der Waals surface area contributed by atoms with Gasteiger partial charge in [0.25, 0.3) is 0 Å². The van der Waals surface area contributed by atoms with Gasteiger partial charge in [0.2, 0.25) is 5.91 Å². The highest BCUT2D eigenvalue weighted by Crippen LogP contribution is 1.93. The topological polar surface area (TPSA) is 55.1 Å². The van der Waals surface area contributed by atoms with Crippen LogP contribution in [0.2, 0.25) is 0 Å². The monoisotopic (exact) mass is 156 g/mol. The molecule has 0 aromatic heterocycles. The highest BCUT2D eigenvalue weighted by Gasteiger charge is 2.06. The number of carbonyl (C=O) groups is 1. The molecule has 0 aliphatic rings. The van der Waals surface area contributed by atoms with Gasteiger partial charge >= 0.3 is 0 Å². The van der Waals surface area contributed by atoms with E-state index in [4.69, 9.17) is 5.73 Å². The maximum atomic E-state index is 10.5. The number of nitrogens with two attached hydrogens (primary N) is 1. The summed E-state index contributed by atoms with van der Waals surface area (Å²) >= 11 is 0. The lowest BCUT2D eigenvalue weighted by atomic mass is 10.2. The van der Waals surface area contributed by atoms with Crippen LogP contribution in [0.3, 0.4) is 0 Å². The van der Waals surface area contributed by atoms with Crippen LogP contribution in [-0.4, -0.2) is 18.5 Å². The lowest BCUT2D eigenvalue weighted by Gasteiger charge is -2.09. The number of hydrogen-bond acceptors (Lipinski definition) is 2. The number of primary amides is 1. The first-order valence-electron chi connectivity index (χ1n) is 3.77. The molecule has 0 radical (unpaired) electrons. The second-order valence-electron chi connectivity index (χ2n) is 2.61. The maximum Gasteiger partial charge on any atom is 0.234 e. The third-order valence-electron chi connectivity index (χ3n) is 1.59. The molecule has 0 aromatic carbocycles. The van der Waals surface area contributed by atoms with Crippen LogP contribution >= 0.6 is 0 Å². The minimum absolute atomic E-state index is 0.265. The zero-order valence-electron chi connectivity index (χ0n) is 7.18. The van der Waals surface area contributed by atoms with Crippen LogP contribution in [0.1, 0.15) is 20.3 Å². The number of rotatable bonds is 5. The van der Waals surface area contributed by atoms with Gasteiger partial charge in [-0.05, 0) is 13.3 Å². The minimum atomic E-state index is -0.325. The van der Waals surface area contributed by atoms with Crippen LogP contribution in [-0.2, 0) is 4.79 Å². The van der Waals surface area contributed by atoms with Crippen molar-refractivity contribution in [3.63, 3.8) is 0 Å². The van der Waals surface area contributed by atoms with E-state index in [2.05, 4.69) is 11.9 Å². The second-order valence-corrected chi connectivity index (χ2v) is 2.61. The predicted octanol–water partition coefficient (Wildman–Crippen LogP) is 0.416. The molecule has 0 aliphatic carbocycles. The molecule has 0 rings (SSSR count). The molecule has 1 unspecified atom stereocenters. The van der Waals surface area contributed by atoms with E-state index in [0.717, 1.165) is 12.0 Å². The third-order valence-corrected chi connectivity index (χ3v) is 1.59. The Bertz CT molecular complexity index is 154. The summed E-state index contributed by atoms with van der Waals surface area (Å²) in [6.07, 6.45) is 0.929. The Kier molecular flexibility index (Phi) is 4.54. The Morgan fingerprint density at radius 1 is 1.73 bits per heavy atom. The van der Waals surface area contributed by atoms with Gasteiger partial charge in [-0.25, -0.2) is 0 Å². The summed E-state index contributed by atoms with van der Waals surface area (Å²) in [5.41, 5.74) is 6.11. The van der Waals surface area contributed by atoms with Gasteiger partial charge in [-0.1, -0.05) is 19.1 Å². The van der Waals surface area contributed by atoms with Gasteiger partial charge in [0.05, 0.1) is 6.04 Å². The molecule has 1 atom stereocenters. The van der Waals surface area contributed by atoms with Crippen LogP contribution in [0.5, 0.6) is 0 Å². The van der Waals surface area contributed by atoms with Crippen molar-refractivity contribution in [1.29, 1.82) is 0 Å². The van der Waals surface area contributed by atoms with Gasteiger partial charge < -0.3 is 11.1 Å². The summed E-state index contributed by atoms with van der Waals surface area (Å²) in [5, 5.41) is 2.96. The van der Waals surface area contributed by atoms with Crippen LogP contribution in [0.25, 0.3) is 0 Å². The average Bonchev–Trinajstić information content (AvgIpc) is 1.99. The van der Waals surface area contributed by atoms with Crippen molar-refractivity contribution in [2.24, 2.45) is 5.73 Å². The van der Waals surface area contributed by atoms with Gasteiger partial charge in [0.15, 0.2) is 0 Å². The quantitative estimate of drug-likeness (QED) is 0.567. The molecule has 0 saturated carbocycles. The van der Waals surface area contributed by atoms with Crippen molar-refractivity contribution in [3.05, 3.63) is 12.2 Å². The van der Waals surface area contributed by atoms with Gasteiger partial charge in [-0.2, -0.15) is 0 Å². The lowest BCUT2D eigenvalue weighted by molar-refractivity contribution is -0.119. The summed E-state index contributed by atoms with van der Waals surface area (Å²) in [7, 11) is 0. The Balaban J connectivity index is 3.54. The first-order valence-corrected chi connectivity index (χ1v) is 3.77. The van der Waals surface area contributed by atoms with Crippen molar-refractivity contribution >= 4 is 5.91 Å². The summed E-state index contributed by atoms with van der Waals surface area (Å²) in [4.78, 5) is 10.5. The largest absolute Gasteiger partial charge is 0.368 e. The Hall–Kier alpha value is -0.830. The predicted molar refractivity (Wildman–Crippen MR) is 46.1 cm³/mol. The molecule has 0 heterocycles.